The second kappa shape index (κ2) is 19.3. The molecule has 1 atom stereocenters. The number of benzene rings is 3. The lowest BCUT2D eigenvalue weighted by Crippen LogP contribution is -2.28. The van der Waals surface area contributed by atoms with Gasteiger partial charge >= 0.3 is 0 Å². The normalized spacial score (nSPS) is 14.6. The first-order valence-electron chi connectivity index (χ1n) is 18.2. The van der Waals surface area contributed by atoms with Crippen molar-refractivity contribution in [2.24, 2.45) is 0 Å². The Kier molecular flexibility index (Phi) is 14.3. The van der Waals surface area contributed by atoms with Gasteiger partial charge in [0.2, 0.25) is 0 Å². The molecule has 0 bridgehead atoms. The van der Waals surface area contributed by atoms with Crippen LogP contribution >= 0.6 is 0 Å². The highest BCUT2D eigenvalue weighted by Crippen LogP contribution is 2.33. The smallest absolute Gasteiger partial charge is 0.251 e. The summed E-state index contributed by atoms with van der Waals surface area (Å²) in [4.78, 5) is 21.1. The first kappa shape index (κ1) is 37.1. The van der Waals surface area contributed by atoms with Crippen molar-refractivity contribution in [1.29, 1.82) is 0 Å². The van der Waals surface area contributed by atoms with E-state index in [9.17, 15) is 9.00 Å². The first-order chi connectivity index (χ1) is 24.5. The fraction of sp³-hybridized carbons (Fsp3) is 0.415. The number of hydrogen-bond acceptors (Lipinski definition) is 6. The van der Waals surface area contributed by atoms with Crippen LogP contribution in [0.15, 0.2) is 89.7 Å². The number of aromatic nitrogens is 2. The third kappa shape index (κ3) is 10.4. The number of unbranched alkanes of at least 4 members (excludes halogenated alkanes) is 2. The largest absolute Gasteiger partial charge is 0.491 e. The number of nitrogens with one attached hydrogen (secondary N) is 1. The van der Waals surface area contributed by atoms with Gasteiger partial charge in [0, 0.05) is 54.3 Å². The number of imidazole rings is 1. The third-order valence-corrected chi connectivity index (χ3v) is 10.2. The lowest BCUT2D eigenvalue weighted by molar-refractivity contribution is -0.112. The average molecular weight is 697 g/mol. The number of anilines is 2. The van der Waals surface area contributed by atoms with Gasteiger partial charge in [-0.1, -0.05) is 51.8 Å². The molecule has 0 saturated carbocycles. The van der Waals surface area contributed by atoms with E-state index in [1.807, 2.05) is 36.4 Å². The van der Waals surface area contributed by atoms with Gasteiger partial charge < -0.3 is 24.3 Å². The number of ether oxygens (including phenoxy) is 2. The molecule has 0 saturated heterocycles. The molecule has 1 aliphatic rings. The highest BCUT2D eigenvalue weighted by molar-refractivity contribution is 7.84. The van der Waals surface area contributed by atoms with Crippen LogP contribution in [0.25, 0.3) is 17.2 Å². The molecule has 1 aliphatic heterocycles. The molecule has 50 heavy (non-hydrogen) atoms. The summed E-state index contributed by atoms with van der Waals surface area (Å²) in [6.07, 6.45) is 12.6. The predicted octanol–water partition coefficient (Wildman–Crippen LogP) is 8.89. The first-order valence-corrected chi connectivity index (χ1v) is 19.5. The van der Waals surface area contributed by atoms with E-state index < -0.39 is 10.8 Å². The van der Waals surface area contributed by atoms with Gasteiger partial charge in [-0.05, 0) is 103 Å². The number of rotatable bonds is 18. The number of hydrogen-bond donors (Lipinski definition) is 1. The van der Waals surface area contributed by atoms with Crippen molar-refractivity contribution >= 4 is 34.2 Å². The van der Waals surface area contributed by atoms with Gasteiger partial charge in [0.1, 0.15) is 12.4 Å². The van der Waals surface area contributed by atoms with Crippen LogP contribution < -0.4 is 15.0 Å². The van der Waals surface area contributed by atoms with Crippen LogP contribution in [0.2, 0.25) is 0 Å². The Morgan fingerprint density at radius 3 is 2.42 bits per heavy atom. The van der Waals surface area contributed by atoms with Gasteiger partial charge in [0.15, 0.2) is 0 Å². The highest BCUT2D eigenvalue weighted by Gasteiger charge is 2.19. The molecular formula is C41H52N4O4S. The molecule has 0 fully saturated rings. The standard InChI is InChI=1S/C41H52N4O4S/c1-4-7-22-44-23-9-10-34(41(46)43-36-14-18-39(19-15-36)50(47)30-37-29-42-31-45(37)21-6-3)28-35-27-33(13-20-40(35)44)32-11-16-38(17-12-32)49-26-25-48-24-8-5-2/h11-20,27-29,31H,4-10,21-26,30H2,1-3H3,(H,43,46)/b34-28+. The predicted molar refractivity (Wildman–Crippen MR) is 205 cm³/mol. The Hall–Kier alpha value is -4.21. The molecule has 1 amide bonds. The third-order valence-electron chi connectivity index (χ3n) is 8.89. The number of carbonyl (C=O) groups is 1. The van der Waals surface area contributed by atoms with E-state index in [0.717, 1.165) is 109 Å². The molecule has 0 radical (unpaired) electrons. The van der Waals surface area contributed by atoms with E-state index in [-0.39, 0.29) is 5.91 Å². The number of fused-ring (bicyclic) bond motifs is 1. The maximum Gasteiger partial charge on any atom is 0.251 e. The van der Waals surface area contributed by atoms with E-state index in [0.29, 0.717) is 31.1 Å². The Morgan fingerprint density at radius 2 is 1.66 bits per heavy atom. The summed E-state index contributed by atoms with van der Waals surface area (Å²) in [5.41, 5.74) is 6.77. The molecule has 9 heteroatoms. The highest BCUT2D eigenvalue weighted by atomic mass is 32.2. The minimum Gasteiger partial charge on any atom is -0.491 e. The minimum absolute atomic E-state index is 0.110. The van der Waals surface area contributed by atoms with Gasteiger partial charge in [-0.2, -0.15) is 0 Å². The second-order valence-electron chi connectivity index (χ2n) is 12.8. The van der Waals surface area contributed by atoms with Crippen LogP contribution in [0.3, 0.4) is 0 Å². The molecule has 2 heterocycles. The fourth-order valence-electron chi connectivity index (χ4n) is 6.08. The lowest BCUT2D eigenvalue weighted by Gasteiger charge is -2.29. The summed E-state index contributed by atoms with van der Waals surface area (Å²) < 4.78 is 26.7. The number of amides is 1. The van der Waals surface area contributed by atoms with Crippen LogP contribution in [0.5, 0.6) is 5.75 Å². The lowest BCUT2D eigenvalue weighted by atomic mass is 9.96. The monoisotopic (exact) mass is 696 g/mol. The topological polar surface area (TPSA) is 85.7 Å². The maximum atomic E-state index is 13.7. The summed E-state index contributed by atoms with van der Waals surface area (Å²) in [6.45, 7) is 11.1. The molecule has 5 rings (SSSR count). The van der Waals surface area contributed by atoms with E-state index in [4.69, 9.17) is 9.47 Å². The van der Waals surface area contributed by atoms with Crippen molar-refractivity contribution in [3.8, 4) is 16.9 Å². The summed E-state index contributed by atoms with van der Waals surface area (Å²) in [6, 6.07) is 22.1. The molecule has 3 aromatic carbocycles. The average Bonchev–Trinajstić information content (AvgIpc) is 3.56. The molecule has 0 spiro atoms. The Labute approximate surface area is 300 Å². The van der Waals surface area contributed by atoms with Gasteiger partial charge in [0.25, 0.3) is 5.91 Å². The van der Waals surface area contributed by atoms with Gasteiger partial charge in [-0.25, -0.2) is 4.98 Å². The minimum atomic E-state index is -1.21. The summed E-state index contributed by atoms with van der Waals surface area (Å²) in [5.74, 6) is 1.12. The fourth-order valence-corrected chi connectivity index (χ4v) is 7.19. The van der Waals surface area contributed by atoms with E-state index in [1.165, 1.54) is 0 Å². The van der Waals surface area contributed by atoms with E-state index >= 15 is 0 Å². The second-order valence-corrected chi connectivity index (χ2v) is 14.2. The van der Waals surface area contributed by atoms with Crippen molar-refractivity contribution in [2.45, 2.75) is 82.9 Å². The molecular weight excluding hydrogens is 645 g/mol. The van der Waals surface area contributed by atoms with Crippen molar-refractivity contribution < 1.29 is 18.5 Å². The molecule has 0 aliphatic carbocycles. The Morgan fingerprint density at radius 1 is 0.880 bits per heavy atom. The maximum absolute atomic E-state index is 13.7. The van der Waals surface area contributed by atoms with E-state index in [1.54, 1.807) is 12.5 Å². The van der Waals surface area contributed by atoms with Crippen molar-refractivity contribution in [3.05, 3.63) is 96.1 Å². The van der Waals surface area contributed by atoms with Crippen molar-refractivity contribution in [2.75, 3.05) is 43.1 Å². The van der Waals surface area contributed by atoms with Crippen LogP contribution in [0.1, 0.15) is 77.0 Å². The zero-order valence-electron chi connectivity index (χ0n) is 29.9. The molecule has 4 aromatic rings. The summed E-state index contributed by atoms with van der Waals surface area (Å²) in [5, 5.41) is 3.10. The Balaban J connectivity index is 1.29. The zero-order valence-corrected chi connectivity index (χ0v) is 30.7. The van der Waals surface area contributed by atoms with Gasteiger partial charge in [-0.15, -0.1) is 0 Å². The van der Waals surface area contributed by atoms with Crippen LogP contribution in [-0.2, 0) is 32.6 Å². The molecule has 1 unspecified atom stereocenters. The van der Waals surface area contributed by atoms with Crippen molar-refractivity contribution in [1.82, 2.24) is 9.55 Å². The van der Waals surface area contributed by atoms with Crippen LogP contribution in [-0.4, -0.2) is 52.6 Å². The van der Waals surface area contributed by atoms with Gasteiger partial charge in [0.05, 0.1) is 35.2 Å². The zero-order chi connectivity index (χ0) is 35.1. The molecule has 1 aromatic heterocycles. The summed E-state index contributed by atoms with van der Waals surface area (Å²) >= 11 is 0. The Bertz CT molecular complexity index is 1720. The van der Waals surface area contributed by atoms with Crippen molar-refractivity contribution in [3.63, 3.8) is 0 Å². The number of carbonyl (C=O) groups excluding carboxylic acids is 1. The van der Waals surface area contributed by atoms with Gasteiger partial charge in [-0.3, -0.25) is 9.00 Å². The molecule has 1 N–H and O–H groups in total. The quantitative estimate of drug-likeness (QED) is 0.105. The molecule has 266 valence electrons. The summed E-state index contributed by atoms with van der Waals surface area (Å²) in [7, 11) is -1.21. The molecule has 8 nitrogen and oxygen atoms in total. The van der Waals surface area contributed by atoms with E-state index in [2.05, 4.69) is 76.9 Å². The van der Waals surface area contributed by atoms with Crippen LogP contribution in [0, 0.1) is 0 Å². The SMILES string of the molecule is CCCCOCCOc1ccc(-c2ccc3c(c2)/C=C(/C(=O)Nc2ccc(S(=O)Cc4cncn4CCC)cc2)CCCN3CCCC)cc1. The number of nitrogens with zero attached hydrogens (tertiary/aromatic N) is 3. The van der Waals surface area contributed by atoms with Crippen LogP contribution in [0.4, 0.5) is 11.4 Å². The number of aryl methyl sites for hydroxylation is 1.